The molecular weight excluding hydrogens is 246 g/mol. The van der Waals surface area contributed by atoms with Gasteiger partial charge in [-0.05, 0) is 13.8 Å². The molecule has 0 radical (unpaired) electrons. The van der Waals surface area contributed by atoms with Crippen LogP contribution < -0.4 is 0 Å². The molecule has 0 aromatic carbocycles. The average molecular weight is 273 g/mol. The fourth-order valence-corrected chi connectivity index (χ4v) is 2.07. The number of aliphatic hydroxyl groups excluding tert-OH is 1. The van der Waals surface area contributed by atoms with Crippen LogP contribution in [0.15, 0.2) is 0 Å². The van der Waals surface area contributed by atoms with E-state index in [0.29, 0.717) is 19.7 Å². The van der Waals surface area contributed by atoms with Crippen LogP contribution in [0.2, 0.25) is 0 Å². The molecule has 0 atom stereocenters. The van der Waals surface area contributed by atoms with Crippen molar-refractivity contribution >= 4 is 6.03 Å². The summed E-state index contributed by atoms with van der Waals surface area (Å²) in [4.78, 5) is 17.5. The summed E-state index contributed by atoms with van der Waals surface area (Å²) in [5.74, 6) is 0. The molecule has 0 unspecified atom stereocenters. The Morgan fingerprint density at radius 3 is 2.58 bits per heavy atom. The van der Waals surface area contributed by atoms with Gasteiger partial charge in [-0.2, -0.15) is 0 Å². The Morgan fingerprint density at radius 1 is 1.32 bits per heavy atom. The Morgan fingerprint density at radius 2 is 2.05 bits per heavy atom. The molecule has 0 spiro atoms. The van der Waals surface area contributed by atoms with Gasteiger partial charge in [0.05, 0.1) is 19.3 Å². The van der Waals surface area contributed by atoms with Crippen molar-refractivity contribution in [1.82, 2.24) is 14.7 Å². The molecule has 1 saturated heterocycles. The van der Waals surface area contributed by atoms with Crippen LogP contribution in [0.4, 0.5) is 4.79 Å². The second kappa shape index (κ2) is 8.35. The number of rotatable bonds is 9. The Balaban J connectivity index is 2.26. The summed E-state index contributed by atoms with van der Waals surface area (Å²) in [6, 6.07) is 0.0994. The van der Waals surface area contributed by atoms with Crippen LogP contribution in [0.5, 0.6) is 0 Å². The molecule has 6 nitrogen and oxygen atoms in total. The van der Waals surface area contributed by atoms with Crippen LogP contribution in [0.3, 0.4) is 0 Å². The van der Waals surface area contributed by atoms with Gasteiger partial charge in [0.15, 0.2) is 0 Å². The highest BCUT2D eigenvalue weighted by Crippen LogP contribution is 2.05. The smallest absolute Gasteiger partial charge is 0.319 e. The summed E-state index contributed by atoms with van der Waals surface area (Å²) in [6.07, 6.45) is 0.227. The highest BCUT2D eigenvalue weighted by Gasteiger charge is 2.25. The first kappa shape index (κ1) is 16.2. The lowest BCUT2D eigenvalue weighted by Gasteiger charge is -2.24. The van der Waals surface area contributed by atoms with Gasteiger partial charge >= 0.3 is 6.03 Å². The quantitative estimate of drug-likeness (QED) is 0.646. The van der Waals surface area contributed by atoms with Gasteiger partial charge in [-0.1, -0.05) is 0 Å². The van der Waals surface area contributed by atoms with Crippen molar-refractivity contribution < 1.29 is 14.6 Å². The van der Waals surface area contributed by atoms with Gasteiger partial charge in [0.25, 0.3) is 0 Å². The van der Waals surface area contributed by atoms with Crippen LogP contribution in [0, 0.1) is 0 Å². The third-order valence-corrected chi connectivity index (χ3v) is 3.26. The Hall–Kier alpha value is -0.850. The first-order valence-electron chi connectivity index (χ1n) is 6.99. The van der Waals surface area contributed by atoms with Crippen molar-refractivity contribution in [2.24, 2.45) is 0 Å². The molecule has 112 valence electrons. The van der Waals surface area contributed by atoms with Gasteiger partial charge in [-0.25, -0.2) is 4.79 Å². The first-order valence-corrected chi connectivity index (χ1v) is 6.99. The van der Waals surface area contributed by atoms with Crippen molar-refractivity contribution in [2.45, 2.75) is 20.0 Å². The molecular formula is C13H27N3O3. The van der Waals surface area contributed by atoms with E-state index < -0.39 is 0 Å². The minimum Gasteiger partial charge on any atom is -0.395 e. The van der Waals surface area contributed by atoms with Crippen molar-refractivity contribution in [3.05, 3.63) is 0 Å². The van der Waals surface area contributed by atoms with Crippen LogP contribution in [0.1, 0.15) is 13.8 Å². The number of amides is 2. The number of aliphatic hydroxyl groups is 1. The maximum Gasteiger partial charge on any atom is 0.319 e. The van der Waals surface area contributed by atoms with E-state index in [9.17, 15) is 4.79 Å². The lowest BCUT2D eigenvalue weighted by atomic mass is 10.4. The molecule has 0 bridgehead atoms. The number of carbonyl (C=O) groups excluding carboxylic acids is 1. The number of carbonyl (C=O) groups is 1. The van der Waals surface area contributed by atoms with Crippen LogP contribution >= 0.6 is 0 Å². The fourth-order valence-electron chi connectivity index (χ4n) is 2.07. The molecule has 0 aromatic heterocycles. The minimum absolute atomic E-state index is 0.0994. The van der Waals surface area contributed by atoms with E-state index in [1.165, 1.54) is 0 Å². The van der Waals surface area contributed by atoms with Gasteiger partial charge in [0, 0.05) is 46.3 Å². The minimum atomic E-state index is 0.0994. The zero-order chi connectivity index (χ0) is 14.3. The van der Waals surface area contributed by atoms with E-state index >= 15 is 0 Å². The number of urea groups is 1. The highest BCUT2D eigenvalue weighted by molar-refractivity contribution is 5.76. The van der Waals surface area contributed by atoms with E-state index in [-0.39, 0.29) is 18.7 Å². The molecule has 1 fully saturated rings. The molecule has 1 heterocycles. The molecule has 2 amide bonds. The molecule has 0 saturated carbocycles. The van der Waals surface area contributed by atoms with Crippen molar-refractivity contribution in [1.29, 1.82) is 0 Å². The van der Waals surface area contributed by atoms with E-state index in [2.05, 4.69) is 4.90 Å². The largest absolute Gasteiger partial charge is 0.395 e. The van der Waals surface area contributed by atoms with E-state index in [4.69, 9.17) is 9.84 Å². The van der Waals surface area contributed by atoms with Crippen molar-refractivity contribution in [2.75, 3.05) is 59.5 Å². The molecule has 0 aliphatic carbocycles. The number of nitrogens with zero attached hydrogens (tertiary/aromatic N) is 3. The number of likely N-dealkylation sites (N-methyl/N-ethyl adjacent to an activating group) is 1. The van der Waals surface area contributed by atoms with Gasteiger partial charge in [-0.15, -0.1) is 0 Å². The Labute approximate surface area is 115 Å². The molecule has 1 N–H and O–H groups in total. The molecule has 1 aliphatic heterocycles. The van der Waals surface area contributed by atoms with Crippen molar-refractivity contribution in [3.63, 3.8) is 0 Å². The second-order valence-electron chi connectivity index (χ2n) is 5.18. The normalized spacial score (nSPS) is 16.2. The lowest BCUT2D eigenvalue weighted by molar-refractivity contribution is 0.0539. The molecule has 1 aliphatic rings. The topological polar surface area (TPSA) is 56.3 Å². The summed E-state index contributed by atoms with van der Waals surface area (Å²) in [7, 11) is 1.82. The number of hydrogen-bond donors (Lipinski definition) is 1. The van der Waals surface area contributed by atoms with Gasteiger partial charge in [0.1, 0.15) is 0 Å². The summed E-state index contributed by atoms with van der Waals surface area (Å²) in [6.45, 7) is 9.31. The molecule has 0 aromatic rings. The maximum atomic E-state index is 11.7. The first-order chi connectivity index (χ1) is 9.04. The zero-order valence-corrected chi connectivity index (χ0v) is 12.3. The lowest BCUT2D eigenvalue weighted by Crippen LogP contribution is -2.39. The highest BCUT2D eigenvalue weighted by atomic mass is 16.5. The van der Waals surface area contributed by atoms with E-state index in [1.54, 1.807) is 4.90 Å². The summed E-state index contributed by atoms with van der Waals surface area (Å²) in [5, 5.41) is 9.06. The van der Waals surface area contributed by atoms with Crippen LogP contribution in [0.25, 0.3) is 0 Å². The standard InChI is InChI=1S/C13H27N3O3/c1-12(2)19-11-9-15(8-10-17)5-7-16-6-4-14(3)13(16)18/h12,17H,4-11H2,1-3H3. The van der Waals surface area contributed by atoms with Crippen molar-refractivity contribution in [3.8, 4) is 0 Å². The summed E-state index contributed by atoms with van der Waals surface area (Å²) >= 11 is 0. The van der Waals surface area contributed by atoms with E-state index in [0.717, 1.165) is 26.2 Å². The van der Waals surface area contributed by atoms with Crippen LogP contribution in [-0.4, -0.2) is 91.5 Å². The molecule has 19 heavy (non-hydrogen) atoms. The fraction of sp³-hybridized carbons (Fsp3) is 0.923. The predicted octanol–water partition coefficient (Wildman–Crippen LogP) is 0.0731. The van der Waals surface area contributed by atoms with Crippen LogP contribution in [-0.2, 0) is 4.74 Å². The molecule has 1 rings (SSSR count). The second-order valence-corrected chi connectivity index (χ2v) is 5.18. The third-order valence-electron chi connectivity index (χ3n) is 3.26. The predicted molar refractivity (Wildman–Crippen MR) is 74.2 cm³/mol. The Bertz CT molecular complexity index is 274. The van der Waals surface area contributed by atoms with E-state index in [1.807, 2.05) is 25.8 Å². The average Bonchev–Trinajstić information content (AvgIpc) is 2.67. The van der Waals surface area contributed by atoms with Gasteiger partial charge in [-0.3, -0.25) is 4.90 Å². The summed E-state index contributed by atoms with van der Waals surface area (Å²) in [5.41, 5.74) is 0. The molecule has 6 heteroatoms. The van der Waals surface area contributed by atoms with Gasteiger partial charge in [0.2, 0.25) is 0 Å². The third kappa shape index (κ3) is 5.76. The van der Waals surface area contributed by atoms with Gasteiger partial charge < -0.3 is 19.6 Å². The number of ether oxygens (including phenoxy) is 1. The zero-order valence-electron chi connectivity index (χ0n) is 12.3. The monoisotopic (exact) mass is 273 g/mol. The number of hydrogen-bond acceptors (Lipinski definition) is 4. The maximum absolute atomic E-state index is 11.7. The Kier molecular flexibility index (Phi) is 7.12. The SMILES string of the molecule is CC(C)OCCN(CCO)CCN1CCN(C)C1=O. The summed E-state index contributed by atoms with van der Waals surface area (Å²) < 4.78 is 5.52.